The van der Waals surface area contributed by atoms with E-state index < -0.39 is 19.0 Å². The van der Waals surface area contributed by atoms with Gasteiger partial charge in [-0.2, -0.15) is 8.78 Å². The minimum Gasteiger partial charge on any atom is -0.378 e. The number of nitrogens with one attached hydrogen (secondary N) is 1. The first-order chi connectivity index (χ1) is 9.95. The van der Waals surface area contributed by atoms with Crippen LogP contribution in [0.1, 0.15) is 39.0 Å². The molecule has 2 unspecified atom stereocenters. The summed E-state index contributed by atoms with van der Waals surface area (Å²) in [6.07, 6.45) is 1.38. The Hall–Kier alpha value is -0.400. The molecule has 0 spiro atoms. The van der Waals surface area contributed by atoms with E-state index in [1.54, 1.807) is 0 Å². The highest BCUT2D eigenvalue weighted by atomic mass is 19.3. The van der Waals surface area contributed by atoms with Crippen LogP contribution in [0.5, 0.6) is 0 Å². The van der Waals surface area contributed by atoms with Crippen LogP contribution < -0.4 is 5.32 Å². The molecule has 0 aliphatic carbocycles. The van der Waals surface area contributed by atoms with Crippen molar-refractivity contribution < 1.29 is 27.0 Å². The summed E-state index contributed by atoms with van der Waals surface area (Å²) in [6, 6.07) is -0.0927. The standard InChI is InChI=1S/C14H25F4NO2/c1-2-19-11(5-3-6-12-7-4-8-21-12)9-20-10-14(17,18)13(15)16/h11-13,19H,2-10H2,1H3. The Kier molecular flexibility index (Phi) is 8.51. The molecular weight excluding hydrogens is 290 g/mol. The molecule has 1 saturated heterocycles. The fourth-order valence-corrected chi connectivity index (χ4v) is 2.40. The van der Waals surface area contributed by atoms with Crippen molar-refractivity contribution in [2.75, 3.05) is 26.4 Å². The molecule has 0 aromatic carbocycles. The van der Waals surface area contributed by atoms with Crippen LogP contribution in [0.4, 0.5) is 17.6 Å². The average Bonchev–Trinajstić information content (AvgIpc) is 2.91. The minimum absolute atomic E-state index is 0.0155. The summed E-state index contributed by atoms with van der Waals surface area (Å²) >= 11 is 0. The Morgan fingerprint density at radius 2 is 2.14 bits per heavy atom. The number of likely N-dealkylation sites (N-methyl/N-ethyl adjacent to an activating group) is 1. The first-order valence-corrected chi connectivity index (χ1v) is 7.54. The first kappa shape index (κ1) is 18.6. The predicted octanol–water partition coefficient (Wildman–Crippen LogP) is 3.23. The molecule has 1 aliphatic rings. The maximum Gasteiger partial charge on any atom is 0.330 e. The molecule has 0 amide bonds. The summed E-state index contributed by atoms with van der Waals surface area (Å²) in [6.45, 7) is 2.17. The molecule has 7 heteroatoms. The third-order valence-electron chi connectivity index (χ3n) is 3.53. The normalized spacial score (nSPS) is 21.1. The van der Waals surface area contributed by atoms with Crippen molar-refractivity contribution in [2.45, 2.75) is 63.5 Å². The summed E-state index contributed by atoms with van der Waals surface area (Å²) in [5.41, 5.74) is 0. The van der Waals surface area contributed by atoms with E-state index in [1.807, 2.05) is 6.92 Å². The van der Waals surface area contributed by atoms with Gasteiger partial charge in [0.05, 0.1) is 12.7 Å². The molecule has 0 aromatic heterocycles. The molecule has 0 radical (unpaired) electrons. The predicted molar refractivity (Wildman–Crippen MR) is 72.1 cm³/mol. The zero-order chi connectivity index (χ0) is 15.7. The Morgan fingerprint density at radius 1 is 1.38 bits per heavy atom. The van der Waals surface area contributed by atoms with Crippen molar-refractivity contribution in [3.05, 3.63) is 0 Å². The molecule has 1 fully saturated rings. The lowest BCUT2D eigenvalue weighted by atomic mass is 10.1. The zero-order valence-electron chi connectivity index (χ0n) is 12.4. The second-order valence-electron chi connectivity index (χ2n) is 5.40. The van der Waals surface area contributed by atoms with Gasteiger partial charge in [0.15, 0.2) is 0 Å². The Balaban J connectivity index is 2.19. The quantitative estimate of drug-likeness (QED) is 0.594. The number of ether oxygens (including phenoxy) is 2. The smallest absolute Gasteiger partial charge is 0.330 e. The van der Waals surface area contributed by atoms with Crippen molar-refractivity contribution in [3.8, 4) is 0 Å². The second kappa shape index (κ2) is 9.58. The molecule has 126 valence electrons. The summed E-state index contributed by atoms with van der Waals surface area (Å²) < 4.78 is 59.7. The molecule has 0 bridgehead atoms. The van der Waals surface area contributed by atoms with Gasteiger partial charge in [-0.15, -0.1) is 0 Å². The van der Waals surface area contributed by atoms with Gasteiger partial charge in [-0.3, -0.25) is 0 Å². The van der Waals surface area contributed by atoms with Crippen molar-refractivity contribution in [1.82, 2.24) is 5.32 Å². The maximum atomic E-state index is 12.7. The van der Waals surface area contributed by atoms with Gasteiger partial charge < -0.3 is 14.8 Å². The van der Waals surface area contributed by atoms with Crippen molar-refractivity contribution in [1.29, 1.82) is 0 Å². The van der Waals surface area contributed by atoms with Gasteiger partial charge in [-0.1, -0.05) is 6.92 Å². The fraction of sp³-hybridized carbons (Fsp3) is 1.00. The highest BCUT2D eigenvalue weighted by molar-refractivity contribution is 4.72. The van der Waals surface area contributed by atoms with Gasteiger partial charge in [0.2, 0.25) is 0 Å². The van der Waals surface area contributed by atoms with Gasteiger partial charge in [-0.25, -0.2) is 8.78 Å². The van der Waals surface area contributed by atoms with Crippen LogP contribution >= 0.6 is 0 Å². The van der Waals surface area contributed by atoms with E-state index in [1.165, 1.54) is 0 Å². The van der Waals surface area contributed by atoms with E-state index in [0.717, 1.165) is 38.7 Å². The molecule has 2 atom stereocenters. The van der Waals surface area contributed by atoms with E-state index in [0.29, 0.717) is 12.6 Å². The van der Waals surface area contributed by atoms with Crippen molar-refractivity contribution in [3.63, 3.8) is 0 Å². The largest absolute Gasteiger partial charge is 0.378 e. The lowest BCUT2D eigenvalue weighted by Crippen LogP contribution is -2.37. The average molecular weight is 315 g/mol. The molecular formula is C14H25F4NO2. The second-order valence-corrected chi connectivity index (χ2v) is 5.40. The highest BCUT2D eigenvalue weighted by Gasteiger charge is 2.41. The van der Waals surface area contributed by atoms with E-state index in [4.69, 9.17) is 9.47 Å². The van der Waals surface area contributed by atoms with Gasteiger partial charge in [0, 0.05) is 12.6 Å². The molecule has 1 N–H and O–H groups in total. The monoisotopic (exact) mass is 315 g/mol. The van der Waals surface area contributed by atoms with Gasteiger partial charge in [0.25, 0.3) is 0 Å². The van der Waals surface area contributed by atoms with Crippen LogP contribution in [-0.2, 0) is 9.47 Å². The Labute approximate surface area is 123 Å². The topological polar surface area (TPSA) is 30.5 Å². The SMILES string of the molecule is CCNC(CCCC1CCCO1)COCC(F)(F)C(F)F. The third kappa shape index (κ3) is 7.42. The summed E-state index contributed by atoms with van der Waals surface area (Å²) in [4.78, 5) is 0. The number of hydrogen-bond donors (Lipinski definition) is 1. The first-order valence-electron chi connectivity index (χ1n) is 7.54. The van der Waals surface area contributed by atoms with Crippen LogP contribution in [0.3, 0.4) is 0 Å². The summed E-state index contributed by atoms with van der Waals surface area (Å²) in [5.74, 6) is -4.07. The van der Waals surface area contributed by atoms with Crippen LogP contribution in [-0.4, -0.2) is 50.9 Å². The lowest BCUT2D eigenvalue weighted by molar-refractivity contribution is -0.167. The van der Waals surface area contributed by atoms with Crippen molar-refractivity contribution in [2.24, 2.45) is 0 Å². The zero-order valence-corrected chi connectivity index (χ0v) is 12.4. The third-order valence-corrected chi connectivity index (χ3v) is 3.53. The molecule has 1 rings (SSSR count). The molecule has 21 heavy (non-hydrogen) atoms. The van der Waals surface area contributed by atoms with Gasteiger partial charge >= 0.3 is 12.3 Å². The van der Waals surface area contributed by atoms with Crippen LogP contribution in [0.25, 0.3) is 0 Å². The maximum absolute atomic E-state index is 12.7. The van der Waals surface area contributed by atoms with Gasteiger partial charge in [0.1, 0.15) is 6.61 Å². The lowest BCUT2D eigenvalue weighted by Gasteiger charge is -2.21. The van der Waals surface area contributed by atoms with E-state index in [-0.39, 0.29) is 12.6 Å². The Bertz CT molecular complexity index is 274. The summed E-state index contributed by atoms with van der Waals surface area (Å²) in [5, 5.41) is 3.13. The summed E-state index contributed by atoms with van der Waals surface area (Å²) in [7, 11) is 0. The number of rotatable bonds is 11. The van der Waals surface area contributed by atoms with E-state index in [2.05, 4.69) is 5.32 Å². The molecule has 1 aliphatic heterocycles. The number of halogens is 4. The molecule has 1 heterocycles. The fourth-order valence-electron chi connectivity index (χ4n) is 2.40. The van der Waals surface area contributed by atoms with Crippen LogP contribution in [0, 0.1) is 0 Å². The van der Waals surface area contributed by atoms with E-state index >= 15 is 0 Å². The minimum atomic E-state index is -4.07. The molecule has 3 nitrogen and oxygen atoms in total. The van der Waals surface area contributed by atoms with Crippen LogP contribution in [0.2, 0.25) is 0 Å². The van der Waals surface area contributed by atoms with Gasteiger partial charge in [-0.05, 0) is 38.6 Å². The Morgan fingerprint density at radius 3 is 2.71 bits per heavy atom. The number of hydrogen-bond acceptors (Lipinski definition) is 3. The highest BCUT2D eigenvalue weighted by Crippen LogP contribution is 2.23. The number of alkyl halides is 4. The van der Waals surface area contributed by atoms with E-state index in [9.17, 15) is 17.6 Å². The van der Waals surface area contributed by atoms with Crippen LogP contribution in [0.15, 0.2) is 0 Å². The molecule has 0 saturated carbocycles. The van der Waals surface area contributed by atoms with Crippen molar-refractivity contribution >= 4 is 0 Å². The molecule has 0 aromatic rings.